The highest BCUT2D eigenvalue weighted by atomic mass is 16.1. The largest absolute Gasteiger partial charge is 0.322 e. The van der Waals surface area contributed by atoms with Gasteiger partial charge in [-0.15, -0.1) is 0 Å². The number of ketones is 1. The van der Waals surface area contributed by atoms with Crippen molar-refractivity contribution in [2.45, 2.75) is 45.7 Å². The monoisotopic (exact) mass is 210 g/mol. The highest BCUT2D eigenvalue weighted by Gasteiger charge is 2.15. The van der Waals surface area contributed by atoms with Crippen LogP contribution in [0.3, 0.4) is 0 Å². The zero-order valence-corrected chi connectivity index (χ0v) is 9.31. The average Bonchev–Trinajstić information content (AvgIpc) is 2.65. The molecule has 0 radical (unpaired) electrons. The number of hydrogen-bond donors (Lipinski definition) is 1. The first-order valence-electron chi connectivity index (χ1n) is 5.34. The number of nitrogens with zero attached hydrogens (tertiary/aromatic N) is 3. The number of aromatic nitrogens is 3. The topological polar surface area (TPSA) is 73.8 Å². The molecule has 2 N–H and O–H groups in total. The summed E-state index contributed by atoms with van der Waals surface area (Å²) in [7, 11) is 0. The van der Waals surface area contributed by atoms with E-state index in [0.717, 1.165) is 13.0 Å². The summed E-state index contributed by atoms with van der Waals surface area (Å²) >= 11 is 0. The maximum Gasteiger partial charge on any atom is 0.157 e. The van der Waals surface area contributed by atoms with Crippen molar-refractivity contribution in [1.29, 1.82) is 0 Å². The SMILES string of the molecule is CCCn1ncnc1CC(=O)C(N)CC. The molecule has 1 atom stereocenters. The van der Waals surface area contributed by atoms with Crippen molar-refractivity contribution in [3.8, 4) is 0 Å². The summed E-state index contributed by atoms with van der Waals surface area (Å²) < 4.78 is 1.76. The Hall–Kier alpha value is -1.23. The van der Waals surface area contributed by atoms with E-state index in [9.17, 15) is 4.79 Å². The van der Waals surface area contributed by atoms with Gasteiger partial charge in [0.05, 0.1) is 12.5 Å². The Morgan fingerprint density at radius 1 is 1.60 bits per heavy atom. The van der Waals surface area contributed by atoms with Crippen molar-refractivity contribution in [2.75, 3.05) is 0 Å². The van der Waals surface area contributed by atoms with Crippen molar-refractivity contribution in [3.63, 3.8) is 0 Å². The maximum atomic E-state index is 11.6. The van der Waals surface area contributed by atoms with E-state index in [2.05, 4.69) is 17.0 Å². The van der Waals surface area contributed by atoms with E-state index in [1.807, 2.05) is 6.92 Å². The van der Waals surface area contributed by atoms with Crippen LogP contribution < -0.4 is 5.73 Å². The molecule has 0 spiro atoms. The van der Waals surface area contributed by atoms with Gasteiger partial charge >= 0.3 is 0 Å². The van der Waals surface area contributed by atoms with Gasteiger partial charge in [-0.05, 0) is 12.8 Å². The van der Waals surface area contributed by atoms with E-state index in [4.69, 9.17) is 5.73 Å². The fraction of sp³-hybridized carbons (Fsp3) is 0.700. The lowest BCUT2D eigenvalue weighted by Gasteiger charge is -2.07. The van der Waals surface area contributed by atoms with Gasteiger partial charge in [-0.3, -0.25) is 4.79 Å². The van der Waals surface area contributed by atoms with Gasteiger partial charge in [0, 0.05) is 6.54 Å². The Morgan fingerprint density at radius 2 is 2.33 bits per heavy atom. The van der Waals surface area contributed by atoms with Crippen LogP contribution in [0.25, 0.3) is 0 Å². The third-order valence-corrected chi connectivity index (χ3v) is 2.32. The van der Waals surface area contributed by atoms with Crippen LogP contribution >= 0.6 is 0 Å². The average molecular weight is 210 g/mol. The van der Waals surface area contributed by atoms with Crippen LogP contribution in [0.2, 0.25) is 0 Å². The molecular formula is C10H18N4O. The molecule has 0 amide bonds. The number of carbonyl (C=O) groups is 1. The Bertz CT molecular complexity index is 321. The van der Waals surface area contributed by atoms with Crippen LogP contribution in [0.5, 0.6) is 0 Å². The number of rotatable bonds is 6. The molecule has 15 heavy (non-hydrogen) atoms. The fourth-order valence-electron chi connectivity index (χ4n) is 1.34. The molecule has 0 saturated heterocycles. The quantitative estimate of drug-likeness (QED) is 0.743. The molecule has 84 valence electrons. The molecule has 1 aromatic heterocycles. The first-order chi connectivity index (χ1) is 7.19. The van der Waals surface area contributed by atoms with Crippen molar-refractivity contribution in [2.24, 2.45) is 5.73 Å². The molecule has 0 aliphatic heterocycles. The fourth-order valence-corrected chi connectivity index (χ4v) is 1.34. The zero-order valence-electron chi connectivity index (χ0n) is 9.31. The number of hydrogen-bond acceptors (Lipinski definition) is 4. The lowest BCUT2D eigenvalue weighted by atomic mass is 10.1. The minimum atomic E-state index is -0.378. The van der Waals surface area contributed by atoms with Gasteiger partial charge in [-0.2, -0.15) is 5.10 Å². The second-order valence-electron chi connectivity index (χ2n) is 3.56. The Morgan fingerprint density at radius 3 is 2.93 bits per heavy atom. The first-order valence-corrected chi connectivity index (χ1v) is 5.34. The van der Waals surface area contributed by atoms with E-state index < -0.39 is 0 Å². The van der Waals surface area contributed by atoms with Crippen molar-refractivity contribution < 1.29 is 4.79 Å². The summed E-state index contributed by atoms with van der Waals surface area (Å²) in [6, 6.07) is -0.378. The van der Waals surface area contributed by atoms with Crippen LogP contribution in [0.4, 0.5) is 0 Å². The van der Waals surface area contributed by atoms with Crippen LogP contribution in [0, 0.1) is 0 Å². The standard InChI is InChI=1S/C10H18N4O/c1-3-5-14-10(12-7-13-14)6-9(15)8(11)4-2/h7-8H,3-6,11H2,1-2H3. The van der Waals surface area contributed by atoms with E-state index in [1.165, 1.54) is 6.33 Å². The zero-order chi connectivity index (χ0) is 11.3. The smallest absolute Gasteiger partial charge is 0.157 e. The molecule has 0 saturated carbocycles. The van der Waals surface area contributed by atoms with Crippen molar-refractivity contribution >= 4 is 5.78 Å². The lowest BCUT2D eigenvalue weighted by molar-refractivity contribution is -0.119. The Kier molecular flexibility index (Phi) is 4.42. The summed E-state index contributed by atoms with van der Waals surface area (Å²) in [5.74, 6) is 0.744. The summed E-state index contributed by atoms with van der Waals surface area (Å²) in [5.41, 5.74) is 5.65. The lowest BCUT2D eigenvalue weighted by Crippen LogP contribution is -2.31. The summed E-state index contributed by atoms with van der Waals surface area (Å²) in [5, 5.41) is 4.06. The van der Waals surface area contributed by atoms with Gasteiger partial charge in [0.15, 0.2) is 5.78 Å². The molecule has 0 aromatic carbocycles. The van der Waals surface area contributed by atoms with Crippen molar-refractivity contribution in [1.82, 2.24) is 14.8 Å². The molecule has 1 unspecified atom stereocenters. The molecule has 5 heteroatoms. The molecule has 1 rings (SSSR count). The second-order valence-corrected chi connectivity index (χ2v) is 3.56. The summed E-state index contributed by atoms with van der Waals surface area (Å²) in [6.07, 6.45) is 3.41. The number of nitrogens with two attached hydrogens (primary N) is 1. The van der Waals surface area contributed by atoms with Crippen LogP contribution in [0.1, 0.15) is 32.5 Å². The molecule has 1 aromatic rings. The van der Waals surface area contributed by atoms with Crippen molar-refractivity contribution in [3.05, 3.63) is 12.2 Å². The Balaban J connectivity index is 2.63. The van der Waals surface area contributed by atoms with Gasteiger partial charge in [0.25, 0.3) is 0 Å². The van der Waals surface area contributed by atoms with E-state index >= 15 is 0 Å². The first kappa shape index (κ1) is 11.8. The second kappa shape index (κ2) is 5.60. The van der Waals surface area contributed by atoms with E-state index in [1.54, 1.807) is 4.68 Å². The van der Waals surface area contributed by atoms with Crippen LogP contribution in [0.15, 0.2) is 6.33 Å². The van der Waals surface area contributed by atoms with Gasteiger partial charge in [-0.1, -0.05) is 13.8 Å². The minimum Gasteiger partial charge on any atom is -0.322 e. The van der Waals surface area contributed by atoms with E-state index in [-0.39, 0.29) is 18.2 Å². The minimum absolute atomic E-state index is 0.0304. The van der Waals surface area contributed by atoms with Crippen LogP contribution in [-0.2, 0) is 17.8 Å². The molecule has 0 aliphatic rings. The predicted molar refractivity (Wildman–Crippen MR) is 57.3 cm³/mol. The third-order valence-electron chi connectivity index (χ3n) is 2.32. The van der Waals surface area contributed by atoms with Gasteiger partial charge < -0.3 is 5.73 Å². The molecule has 0 bridgehead atoms. The summed E-state index contributed by atoms with van der Waals surface area (Å²) in [6.45, 7) is 4.76. The van der Waals surface area contributed by atoms with Gasteiger partial charge in [-0.25, -0.2) is 9.67 Å². The van der Waals surface area contributed by atoms with Crippen LogP contribution in [-0.4, -0.2) is 26.6 Å². The van der Waals surface area contributed by atoms with Gasteiger partial charge in [0.1, 0.15) is 12.2 Å². The highest BCUT2D eigenvalue weighted by molar-refractivity contribution is 5.85. The molecule has 0 aliphatic carbocycles. The molecule has 1 heterocycles. The van der Waals surface area contributed by atoms with E-state index in [0.29, 0.717) is 12.2 Å². The third kappa shape index (κ3) is 3.13. The maximum absolute atomic E-state index is 11.6. The molecule has 0 fully saturated rings. The number of aryl methyl sites for hydroxylation is 1. The number of carbonyl (C=O) groups excluding carboxylic acids is 1. The normalized spacial score (nSPS) is 12.7. The molecule has 5 nitrogen and oxygen atoms in total. The predicted octanol–water partition coefficient (Wildman–Crippen LogP) is 0.537. The molecular weight excluding hydrogens is 192 g/mol. The summed E-state index contributed by atoms with van der Waals surface area (Å²) in [4.78, 5) is 15.7. The highest BCUT2D eigenvalue weighted by Crippen LogP contribution is 2.01. The number of Topliss-reactive ketones (excluding diaryl/α,β-unsaturated/α-hetero) is 1. The van der Waals surface area contributed by atoms with Gasteiger partial charge in [0.2, 0.25) is 0 Å². The Labute approximate surface area is 89.7 Å².